The van der Waals surface area contributed by atoms with Crippen LogP contribution in [0.15, 0.2) is 29.3 Å². The molecule has 0 saturated heterocycles. The van der Waals surface area contributed by atoms with Crippen LogP contribution in [0.4, 0.5) is 0 Å². The zero-order valence-electron chi connectivity index (χ0n) is 11.8. The van der Waals surface area contributed by atoms with Crippen LogP contribution in [0.3, 0.4) is 0 Å². The highest BCUT2D eigenvalue weighted by Crippen LogP contribution is 2.37. The molecule has 1 aromatic carbocycles. The van der Waals surface area contributed by atoms with Crippen molar-refractivity contribution >= 4 is 30.6 Å². The topological polar surface area (TPSA) is 48.3 Å². The highest BCUT2D eigenvalue weighted by Gasteiger charge is 2.23. The first-order valence-corrected chi connectivity index (χ1v) is 8.83. The third-order valence-electron chi connectivity index (χ3n) is 3.45. The molecular formula is C14H18ClNO3S. The Morgan fingerprint density at radius 1 is 1.40 bits per heavy atom. The van der Waals surface area contributed by atoms with Crippen molar-refractivity contribution in [1.82, 2.24) is 4.57 Å². The van der Waals surface area contributed by atoms with Gasteiger partial charge in [0, 0.05) is 22.9 Å². The molecule has 0 radical (unpaired) electrons. The summed E-state index contributed by atoms with van der Waals surface area (Å²) >= 11 is 0. The lowest BCUT2D eigenvalue weighted by atomic mass is 10.2. The van der Waals surface area contributed by atoms with Gasteiger partial charge in [-0.1, -0.05) is 19.4 Å². The number of ether oxygens (including phenoxy) is 1. The first-order valence-electron chi connectivity index (χ1n) is 6.52. The highest BCUT2D eigenvalue weighted by atomic mass is 35.7. The Bertz CT molecular complexity index is 721. The molecule has 6 heteroatoms. The lowest BCUT2D eigenvalue weighted by Gasteiger charge is -2.14. The Kier molecular flexibility index (Phi) is 4.30. The van der Waals surface area contributed by atoms with Gasteiger partial charge in [0.25, 0.3) is 9.05 Å². The van der Waals surface area contributed by atoms with Gasteiger partial charge in [-0.25, -0.2) is 8.42 Å². The van der Waals surface area contributed by atoms with E-state index in [0.717, 1.165) is 18.4 Å². The number of hydrogen-bond donors (Lipinski definition) is 0. The van der Waals surface area contributed by atoms with Gasteiger partial charge in [-0.05, 0) is 25.5 Å². The summed E-state index contributed by atoms with van der Waals surface area (Å²) in [6.07, 6.45) is 3.59. The number of aromatic nitrogens is 1. The summed E-state index contributed by atoms with van der Waals surface area (Å²) in [5.74, 6) is 0.518. The summed E-state index contributed by atoms with van der Waals surface area (Å²) in [7, 11) is 3.27. The molecule has 0 aliphatic carbocycles. The minimum Gasteiger partial charge on any atom is -0.496 e. The first-order chi connectivity index (χ1) is 9.40. The van der Waals surface area contributed by atoms with Crippen molar-refractivity contribution in [3.8, 4) is 5.75 Å². The molecule has 0 amide bonds. The molecule has 0 fully saturated rings. The molecule has 0 saturated carbocycles. The molecule has 1 aromatic heterocycles. The fraction of sp³-hybridized carbons (Fsp3) is 0.429. The Labute approximate surface area is 123 Å². The number of halogens is 1. The lowest BCUT2D eigenvalue weighted by Crippen LogP contribution is -2.03. The van der Waals surface area contributed by atoms with Gasteiger partial charge in [0.15, 0.2) is 0 Å². The molecule has 0 bridgehead atoms. The summed E-state index contributed by atoms with van der Waals surface area (Å²) in [6, 6.07) is 5.67. The SMILES string of the molecule is CCCC(C)n1cc(S(=O)(=O)Cl)c2c(OC)cccc21. The van der Waals surface area contributed by atoms with E-state index in [2.05, 4.69) is 13.8 Å². The molecule has 0 aliphatic heterocycles. The van der Waals surface area contributed by atoms with Crippen molar-refractivity contribution < 1.29 is 13.2 Å². The minimum atomic E-state index is -3.82. The summed E-state index contributed by atoms with van der Waals surface area (Å²) in [6.45, 7) is 4.16. The van der Waals surface area contributed by atoms with Crippen LogP contribution in [0.1, 0.15) is 32.7 Å². The predicted octanol–water partition coefficient (Wildman–Crippen LogP) is 3.94. The van der Waals surface area contributed by atoms with Gasteiger partial charge >= 0.3 is 0 Å². The van der Waals surface area contributed by atoms with Gasteiger partial charge in [0.2, 0.25) is 0 Å². The maximum Gasteiger partial charge on any atom is 0.263 e. The number of rotatable bonds is 5. The van der Waals surface area contributed by atoms with Crippen LogP contribution in [0.2, 0.25) is 0 Å². The number of fused-ring (bicyclic) bond motifs is 1. The Morgan fingerprint density at radius 2 is 2.10 bits per heavy atom. The molecule has 4 nitrogen and oxygen atoms in total. The molecule has 2 rings (SSSR count). The second-order valence-corrected chi connectivity index (χ2v) is 7.36. The maximum absolute atomic E-state index is 11.8. The molecule has 0 aliphatic rings. The monoisotopic (exact) mass is 315 g/mol. The van der Waals surface area contributed by atoms with Gasteiger partial charge < -0.3 is 9.30 Å². The Hall–Kier alpha value is -1.20. The summed E-state index contributed by atoms with van der Waals surface area (Å²) in [5.41, 5.74) is 0.824. The lowest BCUT2D eigenvalue weighted by molar-refractivity contribution is 0.419. The van der Waals surface area contributed by atoms with Crippen LogP contribution < -0.4 is 4.74 Å². The van der Waals surface area contributed by atoms with Gasteiger partial charge in [-0.2, -0.15) is 0 Å². The third kappa shape index (κ3) is 2.65. The van der Waals surface area contributed by atoms with Crippen molar-refractivity contribution in [3.05, 3.63) is 24.4 Å². The molecule has 2 aromatic rings. The van der Waals surface area contributed by atoms with E-state index in [9.17, 15) is 8.42 Å². The van der Waals surface area contributed by atoms with E-state index in [1.165, 1.54) is 7.11 Å². The molecule has 20 heavy (non-hydrogen) atoms. The van der Waals surface area contributed by atoms with E-state index in [0.29, 0.717) is 11.1 Å². The number of methoxy groups -OCH3 is 1. The average molecular weight is 316 g/mol. The number of benzene rings is 1. The summed E-state index contributed by atoms with van der Waals surface area (Å²) in [4.78, 5) is 0.106. The van der Waals surface area contributed by atoms with E-state index in [4.69, 9.17) is 15.4 Å². The van der Waals surface area contributed by atoms with Gasteiger partial charge in [0.1, 0.15) is 10.6 Å². The van der Waals surface area contributed by atoms with Crippen LogP contribution in [0, 0.1) is 0 Å². The largest absolute Gasteiger partial charge is 0.496 e. The molecule has 1 atom stereocenters. The normalized spacial score (nSPS) is 13.6. The molecule has 1 heterocycles. The molecule has 0 spiro atoms. The Morgan fingerprint density at radius 3 is 2.65 bits per heavy atom. The van der Waals surface area contributed by atoms with E-state index < -0.39 is 9.05 Å². The van der Waals surface area contributed by atoms with Crippen LogP contribution >= 0.6 is 10.7 Å². The second kappa shape index (κ2) is 5.66. The van der Waals surface area contributed by atoms with Crippen LogP contribution in [-0.4, -0.2) is 20.1 Å². The standard InChI is InChI=1S/C14H18ClNO3S/c1-4-6-10(2)16-9-13(20(15,17)18)14-11(16)7-5-8-12(14)19-3/h5,7-10H,4,6H2,1-3H3. The predicted molar refractivity (Wildman–Crippen MR) is 81.1 cm³/mol. The van der Waals surface area contributed by atoms with Crippen LogP contribution in [-0.2, 0) is 9.05 Å². The van der Waals surface area contributed by atoms with E-state index >= 15 is 0 Å². The quantitative estimate of drug-likeness (QED) is 0.785. The summed E-state index contributed by atoms with van der Waals surface area (Å²) < 4.78 is 30.8. The van der Waals surface area contributed by atoms with Crippen molar-refractivity contribution in [2.24, 2.45) is 0 Å². The van der Waals surface area contributed by atoms with Gasteiger partial charge in [-0.15, -0.1) is 0 Å². The van der Waals surface area contributed by atoms with Crippen LogP contribution in [0.5, 0.6) is 5.75 Å². The molecular weight excluding hydrogens is 298 g/mol. The van der Waals surface area contributed by atoms with Crippen LogP contribution in [0.25, 0.3) is 10.9 Å². The second-order valence-electron chi connectivity index (χ2n) is 4.83. The number of hydrogen-bond acceptors (Lipinski definition) is 3. The zero-order chi connectivity index (χ0) is 14.9. The van der Waals surface area contributed by atoms with Gasteiger partial charge in [-0.3, -0.25) is 0 Å². The zero-order valence-corrected chi connectivity index (χ0v) is 13.3. The molecule has 1 unspecified atom stereocenters. The average Bonchev–Trinajstić information content (AvgIpc) is 2.78. The maximum atomic E-state index is 11.8. The fourth-order valence-corrected chi connectivity index (χ4v) is 3.56. The van der Waals surface area contributed by atoms with Crippen molar-refractivity contribution in [3.63, 3.8) is 0 Å². The van der Waals surface area contributed by atoms with Crippen molar-refractivity contribution in [2.45, 2.75) is 37.6 Å². The first kappa shape index (κ1) is 15.2. The molecule has 110 valence electrons. The summed E-state index contributed by atoms with van der Waals surface area (Å²) in [5, 5.41) is 0.549. The fourth-order valence-electron chi connectivity index (χ4n) is 2.52. The highest BCUT2D eigenvalue weighted by molar-refractivity contribution is 8.14. The van der Waals surface area contributed by atoms with Gasteiger partial charge in [0.05, 0.1) is 18.0 Å². The van der Waals surface area contributed by atoms with E-state index in [1.54, 1.807) is 12.3 Å². The smallest absolute Gasteiger partial charge is 0.263 e. The van der Waals surface area contributed by atoms with E-state index in [-0.39, 0.29) is 10.9 Å². The number of nitrogens with zero attached hydrogens (tertiary/aromatic N) is 1. The van der Waals surface area contributed by atoms with E-state index in [1.807, 2.05) is 16.7 Å². The van der Waals surface area contributed by atoms with Crippen molar-refractivity contribution in [1.29, 1.82) is 0 Å². The third-order valence-corrected chi connectivity index (χ3v) is 4.78. The van der Waals surface area contributed by atoms with Crippen molar-refractivity contribution in [2.75, 3.05) is 7.11 Å². The minimum absolute atomic E-state index is 0.106. The Balaban J connectivity index is 2.80. The molecule has 0 N–H and O–H groups in total.